The Hall–Kier alpha value is -3.30. The number of nitrogens with zero attached hydrogens (tertiary/aromatic N) is 2. The number of thiophene rings is 1. The van der Waals surface area contributed by atoms with Crippen molar-refractivity contribution in [1.82, 2.24) is 9.97 Å². The summed E-state index contributed by atoms with van der Waals surface area (Å²) in [7, 11) is 1.43. The summed E-state index contributed by atoms with van der Waals surface area (Å²) in [5.74, 6) is -0.791. The van der Waals surface area contributed by atoms with Gasteiger partial charge in [0.05, 0.1) is 17.7 Å². The fourth-order valence-corrected chi connectivity index (χ4v) is 5.06. The minimum absolute atomic E-state index is 0.0616. The molecule has 0 unspecified atom stereocenters. The van der Waals surface area contributed by atoms with Crippen LogP contribution in [-0.2, 0) is 6.42 Å². The zero-order valence-corrected chi connectivity index (χ0v) is 19.9. The predicted molar refractivity (Wildman–Crippen MR) is 130 cm³/mol. The molecular formula is C24H22FN3O3S2. The molecule has 0 radical (unpaired) electrons. The van der Waals surface area contributed by atoms with Crippen molar-refractivity contribution >= 4 is 39.6 Å². The Labute approximate surface area is 198 Å². The van der Waals surface area contributed by atoms with E-state index in [9.17, 15) is 14.3 Å². The summed E-state index contributed by atoms with van der Waals surface area (Å²) >= 11 is 2.88. The van der Waals surface area contributed by atoms with Crippen LogP contribution in [0.4, 0.5) is 15.3 Å². The molecule has 0 saturated heterocycles. The van der Waals surface area contributed by atoms with Crippen molar-refractivity contribution in [3.05, 3.63) is 65.0 Å². The first-order valence-electron chi connectivity index (χ1n) is 10.2. The second-order valence-electron chi connectivity index (χ2n) is 7.77. The number of benzene rings is 1. The van der Waals surface area contributed by atoms with Gasteiger partial charge in [0.15, 0.2) is 16.7 Å². The van der Waals surface area contributed by atoms with Crippen LogP contribution in [0.1, 0.15) is 29.9 Å². The molecule has 0 aliphatic heterocycles. The smallest absolute Gasteiger partial charge is 0.339 e. The number of thiazole rings is 1. The van der Waals surface area contributed by atoms with E-state index < -0.39 is 11.8 Å². The lowest BCUT2D eigenvalue weighted by Crippen LogP contribution is -2.05. The molecule has 170 valence electrons. The molecule has 4 aromatic rings. The number of pyridine rings is 1. The van der Waals surface area contributed by atoms with Gasteiger partial charge < -0.3 is 15.2 Å². The molecular weight excluding hydrogens is 461 g/mol. The fraction of sp³-hybridized carbons (Fsp3) is 0.208. The SMILES string of the molecule is COc1cc(-c2sc(Nc3ncc(-c4cccs4)cc3C(=O)O)nc2CC(C)C)ccc1F. The quantitative estimate of drug-likeness (QED) is 0.289. The van der Waals surface area contributed by atoms with E-state index in [2.05, 4.69) is 24.1 Å². The van der Waals surface area contributed by atoms with Gasteiger partial charge in [0.2, 0.25) is 0 Å². The van der Waals surface area contributed by atoms with E-state index in [1.54, 1.807) is 24.4 Å². The number of methoxy groups -OCH3 is 1. The summed E-state index contributed by atoms with van der Waals surface area (Å²) in [6.45, 7) is 4.18. The summed E-state index contributed by atoms with van der Waals surface area (Å²) in [5.41, 5.74) is 2.44. The van der Waals surface area contributed by atoms with E-state index in [1.807, 2.05) is 17.5 Å². The van der Waals surface area contributed by atoms with Crippen LogP contribution in [0.25, 0.3) is 20.9 Å². The second-order valence-corrected chi connectivity index (χ2v) is 9.72. The van der Waals surface area contributed by atoms with Gasteiger partial charge in [-0.1, -0.05) is 37.3 Å². The molecule has 1 aromatic carbocycles. The first-order valence-corrected chi connectivity index (χ1v) is 11.9. The summed E-state index contributed by atoms with van der Waals surface area (Å²) in [6.07, 6.45) is 2.36. The van der Waals surface area contributed by atoms with E-state index in [-0.39, 0.29) is 17.1 Å². The molecule has 6 nitrogen and oxygen atoms in total. The standard InChI is InChI=1S/C24H22FN3O3S2/c1-13(2)9-18-21(14-6-7-17(25)19(11-14)31-3)33-24(27-18)28-22-16(23(29)30)10-15(12-26-22)20-5-4-8-32-20/h4-8,10-13H,9H2,1-3H3,(H,29,30)(H,26,27,28). The summed E-state index contributed by atoms with van der Waals surface area (Å²) in [6, 6.07) is 10.1. The molecule has 0 amide bonds. The van der Waals surface area contributed by atoms with Gasteiger partial charge in [-0.2, -0.15) is 0 Å². The van der Waals surface area contributed by atoms with Gasteiger partial charge in [-0.15, -0.1) is 11.3 Å². The van der Waals surface area contributed by atoms with E-state index >= 15 is 0 Å². The highest BCUT2D eigenvalue weighted by atomic mass is 32.1. The molecule has 0 fully saturated rings. The van der Waals surface area contributed by atoms with Gasteiger partial charge in [0, 0.05) is 16.6 Å². The molecule has 0 atom stereocenters. The third-order valence-corrected chi connectivity index (χ3v) is 6.84. The number of carboxylic acid groups (broad SMARTS) is 1. The summed E-state index contributed by atoms with van der Waals surface area (Å²) < 4.78 is 19.1. The van der Waals surface area contributed by atoms with Gasteiger partial charge in [0.25, 0.3) is 0 Å². The number of aromatic nitrogens is 2. The molecule has 33 heavy (non-hydrogen) atoms. The van der Waals surface area contributed by atoms with E-state index in [4.69, 9.17) is 9.72 Å². The van der Waals surface area contributed by atoms with Crippen molar-refractivity contribution in [1.29, 1.82) is 0 Å². The summed E-state index contributed by atoms with van der Waals surface area (Å²) in [4.78, 5) is 22.8. The van der Waals surface area contributed by atoms with Crippen molar-refractivity contribution in [2.45, 2.75) is 20.3 Å². The Kier molecular flexibility index (Phi) is 6.71. The molecule has 9 heteroatoms. The average molecular weight is 484 g/mol. The van der Waals surface area contributed by atoms with Crippen LogP contribution in [0.3, 0.4) is 0 Å². The van der Waals surface area contributed by atoms with Crippen molar-refractivity contribution in [3.8, 4) is 26.6 Å². The minimum atomic E-state index is -1.08. The van der Waals surface area contributed by atoms with Crippen LogP contribution in [0.2, 0.25) is 0 Å². The Bertz CT molecular complexity index is 1290. The molecule has 2 N–H and O–H groups in total. The molecule has 4 rings (SSSR count). The lowest BCUT2D eigenvalue weighted by molar-refractivity contribution is 0.0697. The first kappa shape index (κ1) is 22.9. The largest absolute Gasteiger partial charge is 0.494 e. The van der Waals surface area contributed by atoms with Crippen LogP contribution in [0.15, 0.2) is 48.0 Å². The minimum Gasteiger partial charge on any atom is -0.494 e. The number of hydrogen-bond acceptors (Lipinski definition) is 7. The Morgan fingerprint density at radius 2 is 2.06 bits per heavy atom. The number of anilines is 2. The van der Waals surface area contributed by atoms with Crippen molar-refractivity contribution in [2.75, 3.05) is 12.4 Å². The molecule has 3 heterocycles. The van der Waals surface area contributed by atoms with Gasteiger partial charge in [-0.25, -0.2) is 19.2 Å². The van der Waals surface area contributed by atoms with Crippen LogP contribution in [-0.4, -0.2) is 28.2 Å². The lowest BCUT2D eigenvalue weighted by Gasteiger charge is -2.07. The van der Waals surface area contributed by atoms with Crippen molar-refractivity contribution < 1.29 is 19.0 Å². The normalized spacial score (nSPS) is 11.1. The maximum atomic E-state index is 13.9. The molecule has 0 saturated carbocycles. The van der Waals surface area contributed by atoms with Gasteiger partial charge in [-0.05, 0) is 47.5 Å². The number of halogens is 1. The number of carboxylic acids is 1. The third-order valence-electron chi connectivity index (χ3n) is 4.86. The lowest BCUT2D eigenvalue weighted by atomic mass is 10.0. The topological polar surface area (TPSA) is 84.3 Å². The maximum absolute atomic E-state index is 13.9. The van der Waals surface area contributed by atoms with Crippen LogP contribution < -0.4 is 10.1 Å². The highest BCUT2D eigenvalue weighted by Gasteiger charge is 2.19. The highest BCUT2D eigenvalue weighted by Crippen LogP contribution is 2.38. The molecule has 0 aliphatic rings. The number of ether oxygens (including phenoxy) is 1. The first-order chi connectivity index (χ1) is 15.9. The predicted octanol–water partition coefficient (Wildman–Crippen LogP) is 6.72. The Balaban J connectivity index is 1.72. The monoisotopic (exact) mass is 483 g/mol. The van der Waals surface area contributed by atoms with E-state index in [0.29, 0.717) is 17.5 Å². The van der Waals surface area contributed by atoms with Gasteiger partial charge in [0.1, 0.15) is 11.4 Å². The number of nitrogens with one attached hydrogen (secondary N) is 1. The molecule has 3 aromatic heterocycles. The number of hydrogen-bond donors (Lipinski definition) is 2. The van der Waals surface area contributed by atoms with Gasteiger partial charge >= 0.3 is 5.97 Å². The second kappa shape index (κ2) is 9.68. The van der Waals surface area contributed by atoms with Gasteiger partial charge in [-0.3, -0.25) is 0 Å². The van der Waals surface area contributed by atoms with Crippen LogP contribution in [0, 0.1) is 11.7 Å². The maximum Gasteiger partial charge on any atom is 0.339 e. The highest BCUT2D eigenvalue weighted by molar-refractivity contribution is 7.19. The zero-order valence-electron chi connectivity index (χ0n) is 18.3. The van der Waals surface area contributed by atoms with E-state index in [0.717, 1.165) is 26.6 Å². The molecule has 0 spiro atoms. The third kappa shape index (κ3) is 5.04. The average Bonchev–Trinajstić information content (AvgIpc) is 3.44. The fourth-order valence-electron chi connectivity index (χ4n) is 3.36. The number of rotatable bonds is 8. The Morgan fingerprint density at radius 1 is 1.24 bits per heavy atom. The van der Waals surface area contributed by atoms with Crippen LogP contribution in [0.5, 0.6) is 5.75 Å². The summed E-state index contributed by atoms with van der Waals surface area (Å²) in [5, 5.41) is 15.3. The molecule has 0 bridgehead atoms. The van der Waals surface area contributed by atoms with Crippen molar-refractivity contribution in [2.24, 2.45) is 5.92 Å². The zero-order chi connectivity index (χ0) is 23.5. The van der Waals surface area contributed by atoms with Crippen LogP contribution >= 0.6 is 22.7 Å². The number of carbonyl (C=O) groups is 1. The molecule has 0 aliphatic carbocycles. The van der Waals surface area contributed by atoms with E-state index in [1.165, 1.54) is 35.8 Å². The number of aromatic carboxylic acids is 1. The van der Waals surface area contributed by atoms with Crippen molar-refractivity contribution in [3.63, 3.8) is 0 Å². The Morgan fingerprint density at radius 3 is 2.73 bits per heavy atom.